The number of esters is 1. The number of anilines is 1. The monoisotopic (exact) mass is 566 g/mol. The van der Waals surface area contributed by atoms with Crippen LogP contribution in [-0.4, -0.2) is 45.1 Å². The fourth-order valence-electron chi connectivity index (χ4n) is 3.54. The Balaban J connectivity index is 0.00000385. The van der Waals surface area contributed by atoms with Gasteiger partial charge in [0.2, 0.25) is 5.91 Å². The van der Waals surface area contributed by atoms with Gasteiger partial charge in [-0.25, -0.2) is 9.79 Å². The molecule has 3 rings (SSSR count). The topological polar surface area (TPSA) is 92.3 Å². The summed E-state index contributed by atoms with van der Waals surface area (Å²) < 4.78 is 10.1. The minimum Gasteiger partial charge on any atom is -0.496 e. The number of nitrogens with zero attached hydrogens (tertiary/aromatic N) is 2. The first-order valence-electron chi connectivity index (χ1n) is 10.7. The molecule has 2 aromatic rings. The molecule has 2 N–H and O–H groups in total. The van der Waals surface area contributed by atoms with Gasteiger partial charge in [0.1, 0.15) is 11.3 Å². The maximum Gasteiger partial charge on any atom is 0.341 e. The first-order valence-corrected chi connectivity index (χ1v) is 10.7. The maximum absolute atomic E-state index is 12.0. The van der Waals surface area contributed by atoms with E-state index in [-0.39, 0.29) is 29.9 Å². The van der Waals surface area contributed by atoms with Gasteiger partial charge in [-0.05, 0) is 48.7 Å². The molecule has 0 spiro atoms. The number of halogens is 1. The van der Waals surface area contributed by atoms with E-state index in [1.165, 1.54) is 14.2 Å². The molecular formula is C24H31IN4O4. The van der Waals surface area contributed by atoms with Gasteiger partial charge in [-0.1, -0.05) is 18.2 Å². The van der Waals surface area contributed by atoms with Crippen LogP contribution >= 0.6 is 24.0 Å². The number of carbonyl (C=O) groups is 2. The summed E-state index contributed by atoms with van der Waals surface area (Å²) in [6.07, 6.45) is 1.54. The molecule has 178 valence electrons. The number of benzene rings is 2. The zero-order chi connectivity index (χ0) is 22.9. The predicted molar refractivity (Wildman–Crippen MR) is 139 cm³/mol. The van der Waals surface area contributed by atoms with Gasteiger partial charge >= 0.3 is 5.97 Å². The van der Waals surface area contributed by atoms with Crippen LogP contribution in [0.3, 0.4) is 0 Å². The number of rotatable bonds is 8. The van der Waals surface area contributed by atoms with E-state index in [9.17, 15) is 9.59 Å². The van der Waals surface area contributed by atoms with Gasteiger partial charge in [-0.15, -0.1) is 24.0 Å². The fraction of sp³-hybridized carbons (Fsp3) is 0.375. The Hall–Kier alpha value is -2.82. The van der Waals surface area contributed by atoms with Crippen LogP contribution in [0.4, 0.5) is 5.69 Å². The van der Waals surface area contributed by atoms with Crippen LogP contribution in [0.5, 0.6) is 5.75 Å². The van der Waals surface area contributed by atoms with Gasteiger partial charge in [0, 0.05) is 31.7 Å². The molecule has 1 aliphatic heterocycles. The lowest BCUT2D eigenvalue weighted by molar-refractivity contribution is -0.117. The lowest BCUT2D eigenvalue weighted by Gasteiger charge is -2.16. The molecule has 0 unspecified atom stereocenters. The Morgan fingerprint density at radius 3 is 2.42 bits per heavy atom. The Bertz CT molecular complexity index is 979. The van der Waals surface area contributed by atoms with Crippen molar-refractivity contribution in [1.29, 1.82) is 0 Å². The van der Waals surface area contributed by atoms with Crippen molar-refractivity contribution in [2.75, 3.05) is 32.2 Å². The first kappa shape index (κ1) is 26.4. The Morgan fingerprint density at radius 2 is 1.82 bits per heavy atom. The number of amides is 1. The van der Waals surface area contributed by atoms with Gasteiger partial charge in [-0.2, -0.15) is 0 Å². The highest BCUT2D eigenvalue weighted by Crippen LogP contribution is 2.22. The van der Waals surface area contributed by atoms with Crippen LogP contribution in [-0.2, 0) is 22.6 Å². The van der Waals surface area contributed by atoms with E-state index >= 15 is 0 Å². The number of methoxy groups -OCH3 is 2. The largest absolute Gasteiger partial charge is 0.496 e. The van der Waals surface area contributed by atoms with Crippen LogP contribution in [0.2, 0.25) is 0 Å². The summed E-state index contributed by atoms with van der Waals surface area (Å²) in [5, 5.41) is 6.54. The van der Waals surface area contributed by atoms with Crippen molar-refractivity contribution in [3.63, 3.8) is 0 Å². The number of nitrogens with one attached hydrogen (secondary N) is 2. The van der Waals surface area contributed by atoms with E-state index < -0.39 is 5.97 Å². The summed E-state index contributed by atoms with van der Waals surface area (Å²) in [7, 11) is 2.86. The minimum atomic E-state index is -0.447. The number of guanidine groups is 1. The SMILES string of the molecule is CCNC(=NCc1ccc(OC)c(C(=O)OC)c1)NCc1ccc(N2CCCC2=O)cc1.I. The van der Waals surface area contributed by atoms with Gasteiger partial charge in [0.15, 0.2) is 5.96 Å². The summed E-state index contributed by atoms with van der Waals surface area (Å²) in [5.74, 6) is 0.874. The highest BCUT2D eigenvalue weighted by Gasteiger charge is 2.21. The predicted octanol–water partition coefficient (Wildman–Crippen LogP) is 3.48. The van der Waals surface area contributed by atoms with Gasteiger partial charge in [0.05, 0.1) is 20.8 Å². The minimum absolute atomic E-state index is 0. The highest BCUT2D eigenvalue weighted by molar-refractivity contribution is 14.0. The molecule has 0 saturated carbocycles. The first-order chi connectivity index (χ1) is 15.5. The normalized spacial score (nSPS) is 13.4. The smallest absolute Gasteiger partial charge is 0.341 e. The van der Waals surface area contributed by atoms with E-state index in [1.54, 1.807) is 12.1 Å². The molecule has 8 nitrogen and oxygen atoms in total. The van der Waals surface area contributed by atoms with Crippen LogP contribution in [0.15, 0.2) is 47.5 Å². The molecule has 1 fully saturated rings. The third-order valence-electron chi connectivity index (χ3n) is 5.21. The van der Waals surface area contributed by atoms with Crippen LogP contribution in [0.25, 0.3) is 0 Å². The van der Waals surface area contributed by atoms with E-state index in [0.717, 1.165) is 36.3 Å². The molecule has 2 aromatic carbocycles. The average Bonchev–Trinajstić information content (AvgIpc) is 3.26. The van der Waals surface area contributed by atoms with Crippen molar-refractivity contribution in [3.05, 3.63) is 59.2 Å². The van der Waals surface area contributed by atoms with Crippen molar-refractivity contribution in [2.45, 2.75) is 32.9 Å². The number of hydrogen-bond donors (Lipinski definition) is 2. The molecule has 0 atom stereocenters. The van der Waals surface area contributed by atoms with Crippen molar-refractivity contribution in [2.24, 2.45) is 4.99 Å². The molecule has 0 aromatic heterocycles. The molecule has 33 heavy (non-hydrogen) atoms. The highest BCUT2D eigenvalue weighted by atomic mass is 127. The number of ether oxygens (including phenoxy) is 2. The second kappa shape index (κ2) is 13.0. The standard InChI is InChI=1S/C24H30N4O4.HI/c1-4-25-24(27-16-18-9-12-21(31-2)20(14-18)23(30)32-3)26-15-17-7-10-19(11-8-17)28-13-5-6-22(28)29;/h7-12,14H,4-6,13,15-16H2,1-3H3,(H2,25,26,27);1H. The molecule has 1 aliphatic rings. The Kier molecular flexibility index (Phi) is 10.4. The van der Waals surface area contributed by atoms with E-state index in [0.29, 0.717) is 36.8 Å². The zero-order valence-electron chi connectivity index (χ0n) is 19.2. The van der Waals surface area contributed by atoms with Crippen molar-refractivity contribution in [1.82, 2.24) is 10.6 Å². The summed E-state index contributed by atoms with van der Waals surface area (Å²) >= 11 is 0. The second-order valence-electron chi connectivity index (χ2n) is 7.39. The summed E-state index contributed by atoms with van der Waals surface area (Å²) in [5.41, 5.74) is 3.27. The summed E-state index contributed by atoms with van der Waals surface area (Å²) in [4.78, 5) is 30.3. The molecule has 0 radical (unpaired) electrons. The molecule has 1 saturated heterocycles. The van der Waals surface area contributed by atoms with Crippen LogP contribution in [0.1, 0.15) is 41.3 Å². The van der Waals surface area contributed by atoms with Crippen LogP contribution in [0, 0.1) is 0 Å². The number of hydrogen-bond acceptors (Lipinski definition) is 5. The molecule has 9 heteroatoms. The van der Waals surface area contributed by atoms with Gasteiger partial charge in [0.25, 0.3) is 0 Å². The maximum atomic E-state index is 12.0. The van der Waals surface area contributed by atoms with E-state index in [4.69, 9.17) is 9.47 Å². The quantitative estimate of drug-likeness (QED) is 0.220. The molecule has 1 amide bonds. The Labute approximate surface area is 211 Å². The average molecular weight is 566 g/mol. The molecular weight excluding hydrogens is 535 g/mol. The lowest BCUT2D eigenvalue weighted by atomic mass is 10.1. The number of carbonyl (C=O) groups excluding carboxylic acids is 2. The van der Waals surface area contributed by atoms with Crippen LogP contribution < -0.4 is 20.3 Å². The third kappa shape index (κ3) is 7.08. The van der Waals surface area contributed by atoms with Gasteiger partial charge in [-0.3, -0.25) is 4.79 Å². The lowest BCUT2D eigenvalue weighted by Crippen LogP contribution is -2.36. The third-order valence-corrected chi connectivity index (χ3v) is 5.21. The van der Waals surface area contributed by atoms with E-state index in [1.807, 2.05) is 42.2 Å². The Morgan fingerprint density at radius 1 is 1.09 bits per heavy atom. The molecule has 1 heterocycles. The van der Waals surface area contributed by atoms with Crippen molar-refractivity contribution in [3.8, 4) is 5.75 Å². The van der Waals surface area contributed by atoms with Gasteiger partial charge < -0.3 is 25.0 Å². The molecule has 0 bridgehead atoms. The second-order valence-corrected chi connectivity index (χ2v) is 7.39. The molecule has 0 aliphatic carbocycles. The zero-order valence-corrected chi connectivity index (χ0v) is 21.6. The van der Waals surface area contributed by atoms with Crippen molar-refractivity contribution >= 4 is 47.5 Å². The van der Waals surface area contributed by atoms with E-state index in [2.05, 4.69) is 15.6 Å². The van der Waals surface area contributed by atoms with Crippen molar-refractivity contribution < 1.29 is 19.1 Å². The summed E-state index contributed by atoms with van der Waals surface area (Å²) in [6.45, 7) is 4.49. The fourth-order valence-corrected chi connectivity index (χ4v) is 3.54. The summed E-state index contributed by atoms with van der Waals surface area (Å²) in [6, 6.07) is 13.3. The number of aliphatic imine (C=N–C) groups is 1.